The van der Waals surface area contributed by atoms with E-state index in [1.807, 2.05) is 0 Å². The lowest BCUT2D eigenvalue weighted by molar-refractivity contribution is -0.122. The van der Waals surface area contributed by atoms with Gasteiger partial charge in [-0.1, -0.05) is 24.9 Å². The number of thiol groups is 1. The largest absolute Gasteiger partial charge is 0.315 e. The highest BCUT2D eigenvalue weighted by molar-refractivity contribution is 8.27. The molecule has 0 aromatic heterocycles. The van der Waals surface area contributed by atoms with Gasteiger partial charge in [-0.25, -0.2) is 0 Å². The smallest absolute Gasteiger partial charge is 0.246 e. The molecule has 1 aromatic rings. The Kier molecular flexibility index (Phi) is 5.42. The average molecular weight is 412 g/mol. The molecule has 142 valence electrons. The third kappa shape index (κ3) is 3.36. The molecular formula is C18H25N3O2S3. The van der Waals surface area contributed by atoms with Crippen LogP contribution in [0.15, 0.2) is 24.3 Å². The molecule has 2 unspecified atom stereocenters. The zero-order valence-electron chi connectivity index (χ0n) is 14.7. The van der Waals surface area contributed by atoms with E-state index >= 15 is 0 Å². The quantitative estimate of drug-likeness (QED) is 0.730. The van der Waals surface area contributed by atoms with Crippen LogP contribution in [0.3, 0.4) is 0 Å². The zero-order chi connectivity index (χ0) is 18.3. The number of likely N-dealkylation sites (tertiary alicyclic amines) is 1. The Morgan fingerprint density at radius 1 is 1.15 bits per heavy atom. The van der Waals surface area contributed by atoms with Gasteiger partial charge in [0.1, 0.15) is 6.04 Å². The Morgan fingerprint density at radius 3 is 2.38 bits per heavy atom. The maximum atomic E-state index is 12.8. The molecule has 1 amide bonds. The van der Waals surface area contributed by atoms with E-state index in [0.717, 1.165) is 12.1 Å². The summed E-state index contributed by atoms with van der Waals surface area (Å²) < 4.78 is 10.9. The molecule has 0 radical (unpaired) electrons. The van der Waals surface area contributed by atoms with E-state index in [1.165, 1.54) is 48.0 Å². The molecule has 26 heavy (non-hydrogen) atoms. The minimum atomic E-state index is -1.43. The molecule has 3 aliphatic rings. The number of benzene rings is 1. The number of nitrogens with zero attached hydrogens (tertiary/aromatic N) is 3. The number of hydrogen-bond donors (Lipinski definition) is 2. The van der Waals surface area contributed by atoms with Crippen molar-refractivity contribution in [3.63, 3.8) is 0 Å². The minimum Gasteiger partial charge on any atom is -0.315 e. The summed E-state index contributed by atoms with van der Waals surface area (Å²) in [5, 5.41) is 0. The highest BCUT2D eigenvalue weighted by Crippen LogP contribution is 2.52. The highest BCUT2D eigenvalue weighted by Gasteiger charge is 2.49. The van der Waals surface area contributed by atoms with Gasteiger partial charge in [-0.05, 0) is 80.5 Å². The van der Waals surface area contributed by atoms with Gasteiger partial charge in [0, 0.05) is 17.8 Å². The fourth-order valence-electron chi connectivity index (χ4n) is 4.43. The van der Waals surface area contributed by atoms with Crippen LogP contribution in [-0.2, 0) is 31.4 Å². The summed E-state index contributed by atoms with van der Waals surface area (Å²) in [7, 11) is -1.43. The van der Waals surface area contributed by atoms with E-state index in [-0.39, 0.29) is 11.4 Å². The number of carbonyl (C=O) groups is 1. The Balaban J connectivity index is 1.51. The van der Waals surface area contributed by atoms with Crippen LogP contribution in [0.2, 0.25) is 0 Å². The summed E-state index contributed by atoms with van der Waals surface area (Å²) in [6, 6.07) is 8.07. The van der Waals surface area contributed by atoms with Crippen LogP contribution in [0.25, 0.3) is 0 Å². The van der Waals surface area contributed by atoms with Crippen molar-refractivity contribution in [1.29, 1.82) is 0 Å². The molecule has 1 aliphatic carbocycles. The van der Waals surface area contributed by atoms with Gasteiger partial charge in [0.05, 0.1) is 9.92 Å². The average Bonchev–Trinajstić information content (AvgIpc) is 3.27. The summed E-state index contributed by atoms with van der Waals surface area (Å²) in [5.41, 5.74) is 2.55. The first-order valence-corrected chi connectivity index (χ1v) is 11.8. The van der Waals surface area contributed by atoms with Gasteiger partial charge in [-0.15, -0.1) is 0 Å². The van der Waals surface area contributed by atoms with Crippen LogP contribution in [-0.4, -0.2) is 44.7 Å². The number of carbonyl (C=O) groups excluding carboxylic acids is 1. The SMILES string of the molecule is O=C1C(N(S)S(O)=S)CCCN1c1ccc(C2(N3CCCC3)CC2)cc1. The van der Waals surface area contributed by atoms with Crippen molar-refractivity contribution in [2.75, 3.05) is 24.5 Å². The van der Waals surface area contributed by atoms with Crippen molar-refractivity contribution in [3.05, 3.63) is 29.8 Å². The standard InChI is InChI=1S/C18H25N3O2S3/c22-17-16(21(24)26(23)25)4-3-13-20(17)15-7-5-14(6-8-15)18(9-10-18)19-11-1-2-12-19/h5-8,16,24H,1-4,9-13H2,(H,23,25). The summed E-state index contributed by atoms with van der Waals surface area (Å²) >= 11 is 9.10. The summed E-state index contributed by atoms with van der Waals surface area (Å²) in [4.78, 5) is 17.3. The lowest BCUT2D eigenvalue weighted by Crippen LogP contribution is -2.50. The first-order valence-electron chi connectivity index (χ1n) is 9.29. The summed E-state index contributed by atoms with van der Waals surface area (Å²) in [5.74, 6) is -0.0314. The number of piperidine rings is 1. The normalized spacial score (nSPS) is 27.1. The second kappa shape index (κ2) is 7.48. The molecule has 2 heterocycles. The molecule has 1 N–H and O–H groups in total. The number of hydrogen-bond acceptors (Lipinski definition) is 4. The van der Waals surface area contributed by atoms with Gasteiger partial charge in [0.15, 0.2) is 0 Å². The van der Waals surface area contributed by atoms with Crippen LogP contribution in [0.5, 0.6) is 0 Å². The molecule has 5 nitrogen and oxygen atoms in total. The molecule has 2 saturated heterocycles. The van der Waals surface area contributed by atoms with E-state index in [4.69, 9.17) is 11.2 Å². The fourth-order valence-corrected chi connectivity index (χ4v) is 5.37. The Morgan fingerprint density at radius 2 is 1.81 bits per heavy atom. The fraction of sp³-hybridized carbons (Fsp3) is 0.611. The van der Waals surface area contributed by atoms with Gasteiger partial charge in [-0.2, -0.15) is 3.71 Å². The number of amides is 1. The third-order valence-electron chi connectivity index (χ3n) is 5.99. The topological polar surface area (TPSA) is 47.0 Å². The predicted molar refractivity (Wildman–Crippen MR) is 112 cm³/mol. The van der Waals surface area contributed by atoms with Crippen molar-refractivity contribution >= 4 is 45.5 Å². The van der Waals surface area contributed by atoms with E-state index in [2.05, 4.69) is 42.0 Å². The van der Waals surface area contributed by atoms with Crippen molar-refractivity contribution in [1.82, 2.24) is 8.61 Å². The van der Waals surface area contributed by atoms with Crippen LogP contribution >= 0.6 is 12.8 Å². The lowest BCUT2D eigenvalue weighted by atomic mass is 10.0. The Hall–Kier alpha value is -0.510. The molecule has 1 saturated carbocycles. The van der Waals surface area contributed by atoms with Crippen molar-refractivity contribution < 1.29 is 9.35 Å². The Bertz CT molecular complexity index is 702. The minimum absolute atomic E-state index is 0.0314. The van der Waals surface area contributed by atoms with Gasteiger partial charge in [-0.3, -0.25) is 9.69 Å². The summed E-state index contributed by atoms with van der Waals surface area (Å²) in [6.07, 6.45) is 6.64. The highest BCUT2D eigenvalue weighted by atomic mass is 32.8. The van der Waals surface area contributed by atoms with Crippen LogP contribution < -0.4 is 4.90 Å². The third-order valence-corrected chi connectivity index (χ3v) is 8.12. The first-order chi connectivity index (χ1) is 12.5. The molecule has 8 heteroatoms. The van der Waals surface area contributed by atoms with Crippen molar-refractivity contribution in [3.8, 4) is 0 Å². The van der Waals surface area contributed by atoms with Gasteiger partial charge in [0.2, 0.25) is 5.91 Å². The van der Waals surface area contributed by atoms with Crippen LogP contribution in [0.4, 0.5) is 5.69 Å². The molecule has 3 fully saturated rings. The lowest BCUT2D eigenvalue weighted by Gasteiger charge is -2.35. The van der Waals surface area contributed by atoms with Crippen LogP contribution in [0, 0.1) is 0 Å². The first kappa shape index (κ1) is 18.8. The van der Waals surface area contributed by atoms with Crippen molar-refractivity contribution in [2.24, 2.45) is 0 Å². The molecule has 2 atom stereocenters. The second-order valence-electron chi connectivity index (χ2n) is 7.45. The molecule has 0 spiro atoms. The van der Waals surface area contributed by atoms with E-state index < -0.39 is 16.0 Å². The maximum Gasteiger partial charge on any atom is 0.246 e. The second-order valence-corrected chi connectivity index (χ2v) is 9.90. The predicted octanol–water partition coefficient (Wildman–Crippen LogP) is 2.88. The van der Waals surface area contributed by atoms with E-state index in [9.17, 15) is 9.35 Å². The van der Waals surface area contributed by atoms with Gasteiger partial charge < -0.3 is 9.45 Å². The van der Waals surface area contributed by atoms with Gasteiger partial charge in [0.25, 0.3) is 0 Å². The molecule has 1 aromatic carbocycles. The molecular weight excluding hydrogens is 386 g/mol. The van der Waals surface area contributed by atoms with E-state index in [1.54, 1.807) is 4.90 Å². The van der Waals surface area contributed by atoms with Crippen LogP contribution in [0.1, 0.15) is 44.1 Å². The molecule has 0 bridgehead atoms. The van der Waals surface area contributed by atoms with Crippen molar-refractivity contribution in [2.45, 2.75) is 50.1 Å². The molecule has 2 aliphatic heterocycles. The summed E-state index contributed by atoms with van der Waals surface area (Å²) in [6.45, 7) is 3.11. The monoisotopic (exact) mass is 411 g/mol. The number of rotatable bonds is 5. The van der Waals surface area contributed by atoms with E-state index in [0.29, 0.717) is 13.0 Å². The Labute approximate surface area is 167 Å². The zero-order valence-corrected chi connectivity index (χ0v) is 17.2. The number of anilines is 1. The maximum absolute atomic E-state index is 12.8. The van der Waals surface area contributed by atoms with Gasteiger partial charge >= 0.3 is 0 Å². The molecule has 4 rings (SSSR count).